The van der Waals surface area contributed by atoms with Crippen LogP contribution in [0.1, 0.15) is 56.4 Å². The maximum atomic E-state index is 3.71. The SMILES string of the molecule is CCCCC(CCC)NCc1sccc1C. The molecule has 0 aliphatic heterocycles. The largest absolute Gasteiger partial charge is 0.309 e. The molecule has 0 saturated carbocycles. The monoisotopic (exact) mass is 239 g/mol. The summed E-state index contributed by atoms with van der Waals surface area (Å²) in [6.45, 7) is 7.80. The van der Waals surface area contributed by atoms with Gasteiger partial charge in [-0.15, -0.1) is 11.3 Å². The first kappa shape index (κ1) is 13.7. The van der Waals surface area contributed by atoms with E-state index in [4.69, 9.17) is 0 Å². The predicted octanol–water partition coefficient (Wildman–Crippen LogP) is 4.51. The summed E-state index contributed by atoms with van der Waals surface area (Å²) in [5, 5.41) is 5.90. The van der Waals surface area contributed by atoms with E-state index in [2.05, 4.69) is 37.5 Å². The molecule has 1 N–H and O–H groups in total. The van der Waals surface area contributed by atoms with Gasteiger partial charge >= 0.3 is 0 Å². The van der Waals surface area contributed by atoms with Gasteiger partial charge in [0.05, 0.1) is 0 Å². The van der Waals surface area contributed by atoms with E-state index in [1.807, 2.05) is 11.3 Å². The number of nitrogens with one attached hydrogen (secondary N) is 1. The maximum absolute atomic E-state index is 3.71. The van der Waals surface area contributed by atoms with Crippen LogP contribution in [0.4, 0.5) is 0 Å². The molecule has 1 heterocycles. The van der Waals surface area contributed by atoms with Gasteiger partial charge < -0.3 is 5.32 Å². The van der Waals surface area contributed by atoms with Gasteiger partial charge in [0.25, 0.3) is 0 Å². The van der Waals surface area contributed by atoms with Crippen molar-refractivity contribution in [2.45, 2.75) is 65.5 Å². The van der Waals surface area contributed by atoms with Gasteiger partial charge in [0, 0.05) is 17.5 Å². The molecule has 16 heavy (non-hydrogen) atoms. The lowest BCUT2D eigenvalue weighted by Gasteiger charge is -2.17. The Morgan fingerprint density at radius 1 is 1.25 bits per heavy atom. The standard InChI is InChI=1S/C14H25NS/c1-4-6-8-13(7-5-2)15-11-14-12(3)9-10-16-14/h9-10,13,15H,4-8,11H2,1-3H3. The van der Waals surface area contributed by atoms with Crippen LogP contribution in [-0.2, 0) is 6.54 Å². The van der Waals surface area contributed by atoms with E-state index in [1.165, 1.54) is 42.5 Å². The first-order chi connectivity index (χ1) is 7.77. The van der Waals surface area contributed by atoms with Crippen molar-refractivity contribution >= 4 is 11.3 Å². The molecule has 0 fully saturated rings. The molecule has 2 heteroatoms. The van der Waals surface area contributed by atoms with Gasteiger partial charge in [-0.1, -0.05) is 33.1 Å². The van der Waals surface area contributed by atoms with Crippen LogP contribution in [0.2, 0.25) is 0 Å². The van der Waals surface area contributed by atoms with Crippen LogP contribution in [0.25, 0.3) is 0 Å². The van der Waals surface area contributed by atoms with E-state index < -0.39 is 0 Å². The van der Waals surface area contributed by atoms with Gasteiger partial charge in [-0.2, -0.15) is 0 Å². The highest BCUT2D eigenvalue weighted by Gasteiger charge is 2.07. The van der Waals surface area contributed by atoms with Crippen LogP contribution in [0, 0.1) is 6.92 Å². The van der Waals surface area contributed by atoms with Gasteiger partial charge in [-0.25, -0.2) is 0 Å². The van der Waals surface area contributed by atoms with E-state index in [0.717, 1.165) is 6.54 Å². The molecule has 1 aromatic heterocycles. The molecule has 1 aromatic rings. The smallest absolute Gasteiger partial charge is 0.0304 e. The minimum absolute atomic E-state index is 0.714. The third-order valence-corrected chi connectivity index (χ3v) is 4.09. The predicted molar refractivity (Wildman–Crippen MR) is 74.1 cm³/mol. The van der Waals surface area contributed by atoms with Crippen molar-refractivity contribution < 1.29 is 0 Å². The van der Waals surface area contributed by atoms with Gasteiger partial charge in [0.1, 0.15) is 0 Å². The molecule has 1 unspecified atom stereocenters. The fraction of sp³-hybridized carbons (Fsp3) is 0.714. The molecule has 1 rings (SSSR count). The number of hydrogen-bond acceptors (Lipinski definition) is 2. The molecule has 0 aromatic carbocycles. The van der Waals surface area contributed by atoms with Crippen molar-refractivity contribution in [3.63, 3.8) is 0 Å². The lowest BCUT2D eigenvalue weighted by molar-refractivity contribution is 0.435. The van der Waals surface area contributed by atoms with Crippen LogP contribution in [0.15, 0.2) is 11.4 Å². The zero-order valence-electron chi connectivity index (χ0n) is 10.9. The van der Waals surface area contributed by atoms with Crippen LogP contribution >= 0.6 is 11.3 Å². The molecular formula is C14H25NS. The Kier molecular flexibility index (Phi) is 6.74. The summed E-state index contributed by atoms with van der Waals surface area (Å²) in [6.07, 6.45) is 6.57. The van der Waals surface area contributed by atoms with Crippen molar-refractivity contribution in [3.8, 4) is 0 Å². The Balaban J connectivity index is 2.34. The van der Waals surface area contributed by atoms with Gasteiger partial charge in [0.2, 0.25) is 0 Å². The highest BCUT2D eigenvalue weighted by molar-refractivity contribution is 7.10. The second-order valence-corrected chi connectivity index (χ2v) is 5.54. The molecule has 0 aliphatic rings. The van der Waals surface area contributed by atoms with Crippen LogP contribution in [-0.4, -0.2) is 6.04 Å². The Morgan fingerprint density at radius 3 is 2.62 bits per heavy atom. The summed E-state index contributed by atoms with van der Waals surface area (Å²) in [6, 6.07) is 2.93. The summed E-state index contributed by atoms with van der Waals surface area (Å²) in [5.41, 5.74) is 1.43. The highest BCUT2D eigenvalue weighted by atomic mass is 32.1. The molecule has 0 radical (unpaired) electrons. The molecular weight excluding hydrogens is 214 g/mol. The van der Waals surface area contributed by atoms with Crippen molar-refractivity contribution in [3.05, 3.63) is 21.9 Å². The quantitative estimate of drug-likeness (QED) is 0.704. The Labute approximate surface area is 104 Å². The van der Waals surface area contributed by atoms with E-state index >= 15 is 0 Å². The zero-order valence-corrected chi connectivity index (χ0v) is 11.7. The minimum Gasteiger partial charge on any atom is -0.309 e. The van der Waals surface area contributed by atoms with Crippen molar-refractivity contribution in [1.82, 2.24) is 5.32 Å². The fourth-order valence-corrected chi connectivity index (χ4v) is 2.83. The average Bonchev–Trinajstić information content (AvgIpc) is 2.68. The highest BCUT2D eigenvalue weighted by Crippen LogP contribution is 2.16. The van der Waals surface area contributed by atoms with Crippen LogP contribution < -0.4 is 5.32 Å². The second kappa shape index (κ2) is 7.86. The fourth-order valence-electron chi connectivity index (χ4n) is 1.97. The normalized spacial score (nSPS) is 12.9. The second-order valence-electron chi connectivity index (χ2n) is 4.54. The lowest BCUT2D eigenvalue weighted by Crippen LogP contribution is -2.28. The third kappa shape index (κ3) is 4.67. The van der Waals surface area contributed by atoms with E-state index in [9.17, 15) is 0 Å². The lowest BCUT2D eigenvalue weighted by atomic mass is 10.1. The molecule has 92 valence electrons. The van der Waals surface area contributed by atoms with E-state index in [-0.39, 0.29) is 0 Å². The topological polar surface area (TPSA) is 12.0 Å². The van der Waals surface area contributed by atoms with Crippen molar-refractivity contribution in [2.75, 3.05) is 0 Å². The molecule has 0 bridgehead atoms. The molecule has 0 spiro atoms. The summed E-state index contributed by atoms with van der Waals surface area (Å²) in [7, 11) is 0. The summed E-state index contributed by atoms with van der Waals surface area (Å²) < 4.78 is 0. The number of aryl methyl sites for hydroxylation is 1. The third-order valence-electron chi connectivity index (χ3n) is 3.06. The molecule has 0 amide bonds. The first-order valence-electron chi connectivity index (χ1n) is 6.54. The van der Waals surface area contributed by atoms with Crippen LogP contribution in [0.5, 0.6) is 0 Å². The number of hydrogen-bond donors (Lipinski definition) is 1. The van der Waals surface area contributed by atoms with Crippen molar-refractivity contribution in [2.24, 2.45) is 0 Å². The Morgan fingerprint density at radius 2 is 2.06 bits per heavy atom. The summed E-state index contributed by atoms with van der Waals surface area (Å²) in [5.74, 6) is 0. The van der Waals surface area contributed by atoms with E-state index in [0.29, 0.717) is 6.04 Å². The Bertz CT molecular complexity index is 280. The van der Waals surface area contributed by atoms with E-state index in [1.54, 1.807) is 0 Å². The van der Waals surface area contributed by atoms with Gasteiger partial charge in [-0.05, 0) is 36.8 Å². The molecule has 0 saturated heterocycles. The molecule has 1 nitrogen and oxygen atoms in total. The van der Waals surface area contributed by atoms with Crippen LogP contribution in [0.3, 0.4) is 0 Å². The molecule has 0 aliphatic carbocycles. The number of thiophene rings is 1. The summed E-state index contributed by atoms with van der Waals surface area (Å²) in [4.78, 5) is 1.50. The van der Waals surface area contributed by atoms with Gasteiger partial charge in [0.15, 0.2) is 0 Å². The van der Waals surface area contributed by atoms with Crippen molar-refractivity contribution in [1.29, 1.82) is 0 Å². The Hall–Kier alpha value is -0.340. The summed E-state index contributed by atoms with van der Waals surface area (Å²) >= 11 is 1.87. The minimum atomic E-state index is 0.714. The maximum Gasteiger partial charge on any atom is 0.0304 e. The first-order valence-corrected chi connectivity index (χ1v) is 7.42. The zero-order chi connectivity index (χ0) is 11.8. The molecule has 1 atom stereocenters. The number of rotatable bonds is 8. The van der Waals surface area contributed by atoms with Gasteiger partial charge in [-0.3, -0.25) is 0 Å². The average molecular weight is 239 g/mol. The number of unbranched alkanes of at least 4 members (excludes halogenated alkanes) is 1.